The van der Waals surface area contributed by atoms with Crippen molar-refractivity contribution >= 4 is 46.3 Å². The zero-order chi connectivity index (χ0) is 18.5. The van der Waals surface area contributed by atoms with Crippen molar-refractivity contribution < 1.29 is 4.74 Å². The lowest BCUT2D eigenvalue weighted by Gasteiger charge is -2.33. The third kappa shape index (κ3) is 5.31. The van der Waals surface area contributed by atoms with Gasteiger partial charge in [0.15, 0.2) is 5.96 Å². The van der Waals surface area contributed by atoms with Crippen LogP contribution in [0.3, 0.4) is 0 Å². The minimum Gasteiger partial charge on any atom is -0.493 e. The highest BCUT2D eigenvalue weighted by Gasteiger charge is 2.20. The molecular formula is C21H29IN4OS. The van der Waals surface area contributed by atoms with E-state index in [0.29, 0.717) is 6.04 Å². The fourth-order valence-corrected chi connectivity index (χ4v) is 4.59. The molecule has 2 aromatic rings. The number of ether oxygens (including phenoxy) is 1. The van der Waals surface area contributed by atoms with Crippen LogP contribution < -0.4 is 20.3 Å². The molecule has 0 amide bonds. The average Bonchev–Trinajstić information content (AvgIpc) is 3.39. The summed E-state index contributed by atoms with van der Waals surface area (Å²) in [7, 11) is 1.85. The first-order valence-electron chi connectivity index (χ1n) is 9.82. The molecule has 0 radical (unpaired) electrons. The molecule has 0 bridgehead atoms. The first kappa shape index (κ1) is 21.2. The molecule has 0 spiro atoms. The lowest BCUT2D eigenvalue weighted by atomic mass is 10.1. The number of thiophene rings is 1. The van der Waals surface area contributed by atoms with Gasteiger partial charge in [-0.25, -0.2) is 0 Å². The van der Waals surface area contributed by atoms with E-state index in [1.165, 1.54) is 16.1 Å². The summed E-state index contributed by atoms with van der Waals surface area (Å²) in [4.78, 5) is 6.89. The lowest BCUT2D eigenvalue weighted by Crippen LogP contribution is -2.49. The van der Waals surface area contributed by atoms with Gasteiger partial charge in [-0.1, -0.05) is 12.1 Å². The van der Waals surface area contributed by atoms with Crippen molar-refractivity contribution in [2.75, 3.05) is 38.2 Å². The maximum absolute atomic E-state index is 5.58. The third-order valence-corrected chi connectivity index (χ3v) is 6.27. The lowest BCUT2D eigenvalue weighted by molar-refractivity contribution is 0.357. The molecule has 28 heavy (non-hydrogen) atoms. The Morgan fingerprint density at radius 3 is 2.89 bits per heavy atom. The summed E-state index contributed by atoms with van der Waals surface area (Å²) in [6, 6.07) is 11.4. The topological polar surface area (TPSA) is 48.9 Å². The molecule has 4 rings (SSSR count). The van der Waals surface area contributed by atoms with Gasteiger partial charge in [0.2, 0.25) is 0 Å². The van der Waals surface area contributed by atoms with E-state index in [2.05, 4.69) is 56.2 Å². The Hall–Kier alpha value is -1.48. The van der Waals surface area contributed by atoms with Crippen molar-refractivity contribution in [3.63, 3.8) is 0 Å². The largest absolute Gasteiger partial charge is 0.493 e. The van der Waals surface area contributed by atoms with Gasteiger partial charge in [-0.2, -0.15) is 0 Å². The van der Waals surface area contributed by atoms with E-state index in [9.17, 15) is 0 Å². The summed E-state index contributed by atoms with van der Waals surface area (Å²) in [5, 5.41) is 10.6. The zero-order valence-electron chi connectivity index (χ0n) is 16.3. The smallest absolute Gasteiger partial charge is 0.191 e. The summed E-state index contributed by atoms with van der Waals surface area (Å²) in [6.07, 6.45) is 4.31. The highest BCUT2D eigenvalue weighted by molar-refractivity contribution is 14.0. The number of hydrogen-bond acceptors (Lipinski definition) is 4. The molecule has 152 valence electrons. The summed E-state index contributed by atoms with van der Waals surface area (Å²) in [5.74, 6) is 1.96. The van der Waals surface area contributed by atoms with Gasteiger partial charge in [0, 0.05) is 39.1 Å². The average molecular weight is 512 g/mol. The molecule has 0 unspecified atom stereocenters. The molecule has 2 aliphatic rings. The Morgan fingerprint density at radius 2 is 2.14 bits per heavy atom. The van der Waals surface area contributed by atoms with Gasteiger partial charge in [-0.15, -0.1) is 35.3 Å². The summed E-state index contributed by atoms with van der Waals surface area (Å²) in [5.41, 5.74) is 2.69. The molecule has 1 saturated heterocycles. The van der Waals surface area contributed by atoms with Gasteiger partial charge in [-0.05, 0) is 54.0 Å². The standard InChI is InChI=1S/C21H28N4OS.HI/c1-22-21(23-10-6-16-4-5-19-17(15-16)9-13-26-19)24-18-7-11-25(12-8-18)20-3-2-14-27-20;/h2-5,14-15,18H,6-13H2,1H3,(H2,22,23,24);1H. The van der Waals surface area contributed by atoms with Crippen LogP contribution in [0.5, 0.6) is 5.75 Å². The highest BCUT2D eigenvalue weighted by Crippen LogP contribution is 2.26. The molecule has 1 aromatic heterocycles. The van der Waals surface area contributed by atoms with Gasteiger partial charge >= 0.3 is 0 Å². The van der Waals surface area contributed by atoms with Gasteiger partial charge in [0.1, 0.15) is 5.75 Å². The number of piperidine rings is 1. The maximum Gasteiger partial charge on any atom is 0.191 e. The number of nitrogens with zero attached hydrogens (tertiary/aromatic N) is 2. The fraction of sp³-hybridized carbons (Fsp3) is 0.476. The normalized spacial score (nSPS) is 16.9. The quantitative estimate of drug-likeness (QED) is 0.365. The van der Waals surface area contributed by atoms with Crippen LogP contribution in [0.1, 0.15) is 24.0 Å². The van der Waals surface area contributed by atoms with Crippen molar-refractivity contribution in [2.45, 2.75) is 31.7 Å². The van der Waals surface area contributed by atoms with Crippen LogP contribution in [0.25, 0.3) is 0 Å². The van der Waals surface area contributed by atoms with Crippen LogP contribution in [0.2, 0.25) is 0 Å². The number of halogens is 1. The van der Waals surface area contributed by atoms with Crippen molar-refractivity contribution in [3.8, 4) is 5.75 Å². The Balaban J connectivity index is 0.00000225. The van der Waals surface area contributed by atoms with Gasteiger partial charge in [-0.3, -0.25) is 4.99 Å². The van der Waals surface area contributed by atoms with Crippen LogP contribution in [-0.4, -0.2) is 45.3 Å². The zero-order valence-corrected chi connectivity index (χ0v) is 19.5. The van der Waals surface area contributed by atoms with Crippen LogP contribution in [0.4, 0.5) is 5.00 Å². The number of anilines is 1. The van der Waals surface area contributed by atoms with E-state index in [4.69, 9.17) is 4.74 Å². The molecule has 1 fully saturated rings. The molecule has 0 atom stereocenters. The number of aliphatic imine (C=N–C) groups is 1. The molecule has 5 nitrogen and oxygen atoms in total. The van der Waals surface area contributed by atoms with Crippen molar-refractivity contribution in [1.29, 1.82) is 0 Å². The van der Waals surface area contributed by atoms with Crippen molar-refractivity contribution in [2.24, 2.45) is 4.99 Å². The number of rotatable bonds is 5. The predicted molar refractivity (Wildman–Crippen MR) is 129 cm³/mol. The Labute approximate surface area is 188 Å². The number of fused-ring (bicyclic) bond motifs is 1. The van der Waals surface area contributed by atoms with E-state index in [0.717, 1.165) is 63.6 Å². The number of hydrogen-bond donors (Lipinski definition) is 2. The van der Waals surface area contributed by atoms with E-state index in [-0.39, 0.29) is 24.0 Å². The first-order chi connectivity index (χ1) is 13.3. The van der Waals surface area contributed by atoms with Crippen LogP contribution in [-0.2, 0) is 12.8 Å². The van der Waals surface area contributed by atoms with Crippen LogP contribution in [0.15, 0.2) is 40.7 Å². The number of nitrogens with one attached hydrogen (secondary N) is 2. The molecule has 0 saturated carbocycles. The summed E-state index contributed by atoms with van der Waals surface area (Å²) in [6.45, 7) is 3.91. The van der Waals surface area contributed by atoms with E-state index in [1.54, 1.807) is 0 Å². The predicted octanol–water partition coefficient (Wildman–Crippen LogP) is 3.68. The van der Waals surface area contributed by atoms with E-state index < -0.39 is 0 Å². The molecule has 0 aliphatic carbocycles. The first-order valence-corrected chi connectivity index (χ1v) is 10.7. The second kappa shape index (κ2) is 10.3. The second-order valence-electron chi connectivity index (χ2n) is 7.15. The number of benzene rings is 1. The highest BCUT2D eigenvalue weighted by atomic mass is 127. The molecular weight excluding hydrogens is 483 g/mol. The minimum atomic E-state index is 0. The number of guanidine groups is 1. The Morgan fingerprint density at radius 1 is 1.29 bits per heavy atom. The van der Waals surface area contributed by atoms with Gasteiger partial charge < -0.3 is 20.3 Å². The second-order valence-corrected chi connectivity index (χ2v) is 8.07. The molecule has 7 heteroatoms. The maximum atomic E-state index is 5.58. The molecule has 2 aliphatic heterocycles. The van der Waals surface area contributed by atoms with E-state index in [1.807, 2.05) is 18.4 Å². The minimum absolute atomic E-state index is 0. The monoisotopic (exact) mass is 512 g/mol. The molecule has 2 N–H and O–H groups in total. The third-order valence-electron chi connectivity index (χ3n) is 5.34. The SMILES string of the molecule is CN=C(NCCc1ccc2c(c1)CCO2)NC1CCN(c2cccs2)CC1.I. The summed E-state index contributed by atoms with van der Waals surface area (Å²) < 4.78 is 5.58. The van der Waals surface area contributed by atoms with Crippen molar-refractivity contribution in [1.82, 2.24) is 10.6 Å². The van der Waals surface area contributed by atoms with Gasteiger partial charge in [0.05, 0.1) is 11.6 Å². The molecule has 1 aromatic carbocycles. The fourth-order valence-electron chi connectivity index (χ4n) is 3.80. The van der Waals surface area contributed by atoms with Crippen LogP contribution >= 0.6 is 35.3 Å². The van der Waals surface area contributed by atoms with Gasteiger partial charge in [0.25, 0.3) is 0 Å². The van der Waals surface area contributed by atoms with E-state index >= 15 is 0 Å². The molecule has 3 heterocycles. The summed E-state index contributed by atoms with van der Waals surface area (Å²) >= 11 is 1.83. The Kier molecular flexibility index (Phi) is 7.84. The van der Waals surface area contributed by atoms with Crippen LogP contribution in [0, 0.1) is 0 Å². The van der Waals surface area contributed by atoms with Crippen molar-refractivity contribution in [3.05, 3.63) is 46.8 Å². The Bertz CT molecular complexity index is 773.